The van der Waals surface area contributed by atoms with Crippen molar-refractivity contribution in [2.75, 3.05) is 0 Å². The molecular weight excluding hydrogens is 188 g/mol. The average Bonchev–Trinajstić information content (AvgIpc) is 2.30. The van der Waals surface area contributed by atoms with Gasteiger partial charge in [0.2, 0.25) is 0 Å². The number of aromatic amines is 1. The number of fused-ring (bicyclic) bond motifs is 3. The molecule has 0 amide bonds. The molecule has 0 saturated carbocycles. The Bertz CT molecular complexity index is 700. The summed E-state index contributed by atoms with van der Waals surface area (Å²) in [4.78, 5) is 18.8. The highest BCUT2D eigenvalue weighted by Gasteiger charge is 2.03. The van der Waals surface area contributed by atoms with Crippen molar-refractivity contribution in [3.63, 3.8) is 0 Å². The maximum Gasteiger partial charge on any atom is 0.257 e. The van der Waals surface area contributed by atoms with Gasteiger partial charge in [-0.25, -0.2) is 0 Å². The van der Waals surface area contributed by atoms with Gasteiger partial charge in [0.1, 0.15) is 0 Å². The molecule has 1 N–H and O–H groups in total. The standard InChI is InChI=1S/C12H8N2O/c15-12-9-5-3-7-13-11(9)8-4-1-2-6-10(8)14-12/h1-7H,(H,14,15). The molecular formula is C12H8N2O. The maximum atomic E-state index is 11.7. The largest absolute Gasteiger partial charge is 0.321 e. The van der Waals surface area contributed by atoms with Crippen LogP contribution in [0.3, 0.4) is 0 Å². The van der Waals surface area contributed by atoms with Crippen molar-refractivity contribution in [2.24, 2.45) is 0 Å². The van der Waals surface area contributed by atoms with Crippen molar-refractivity contribution in [3.05, 3.63) is 52.9 Å². The quantitative estimate of drug-likeness (QED) is 0.559. The Hall–Kier alpha value is -2.16. The molecule has 3 nitrogen and oxygen atoms in total. The van der Waals surface area contributed by atoms with Crippen molar-refractivity contribution in [2.45, 2.75) is 0 Å². The maximum absolute atomic E-state index is 11.7. The van der Waals surface area contributed by atoms with Gasteiger partial charge in [-0.3, -0.25) is 9.78 Å². The molecule has 0 saturated heterocycles. The van der Waals surface area contributed by atoms with Crippen LogP contribution in [0.25, 0.3) is 21.8 Å². The van der Waals surface area contributed by atoms with E-state index in [1.54, 1.807) is 18.3 Å². The number of benzene rings is 1. The molecule has 0 fully saturated rings. The van der Waals surface area contributed by atoms with Crippen LogP contribution in [0.15, 0.2) is 47.4 Å². The highest BCUT2D eigenvalue weighted by Crippen LogP contribution is 2.17. The van der Waals surface area contributed by atoms with Gasteiger partial charge in [0.25, 0.3) is 5.56 Å². The Labute approximate surface area is 85.4 Å². The van der Waals surface area contributed by atoms with Crippen LogP contribution >= 0.6 is 0 Å². The Balaban J connectivity index is 2.70. The topological polar surface area (TPSA) is 45.8 Å². The van der Waals surface area contributed by atoms with Crippen molar-refractivity contribution in [1.29, 1.82) is 0 Å². The molecule has 0 radical (unpaired) electrons. The molecule has 3 aromatic rings. The number of H-pyrrole nitrogens is 1. The predicted octanol–water partition coefficient (Wildman–Crippen LogP) is 2.08. The Morgan fingerprint density at radius 3 is 2.73 bits per heavy atom. The van der Waals surface area contributed by atoms with Crippen molar-refractivity contribution >= 4 is 21.8 Å². The van der Waals surface area contributed by atoms with Crippen LogP contribution in [0, 0.1) is 0 Å². The number of nitrogens with zero attached hydrogens (tertiary/aromatic N) is 1. The molecule has 15 heavy (non-hydrogen) atoms. The Morgan fingerprint density at radius 1 is 1.00 bits per heavy atom. The summed E-state index contributed by atoms with van der Waals surface area (Å²) in [6, 6.07) is 11.2. The normalized spacial score (nSPS) is 10.9. The number of hydrogen-bond donors (Lipinski definition) is 1. The van der Waals surface area contributed by atoms with E-state index in [4.69, 9.17) is 0 Å². The molecule has 0 spiro atoms. The SMILES string of the molecule is O=c1[nH]c2ccccc2c2ncccc12. The molecule has 0 bridgehead atoms. The summed E-state index contributed by atoms with van der Waals surface area (Å²) in [6.07, 6.45) is 1.70. The predicted molar refractivity (Wildman–Crippen MR) is 59.9 cm³/mol. The van der Waals surface area contributed by atoms with E-state index in [9.17, 15) is 4.79 Å². The summed E-state index contributed by atoms with van der Waals surface area (Å²) < 4.78 is 0. The third kappa shape index (κ3) is 1.13. The van der Waals surface area contributed by atoms with Crippen LogP contribution in [0.1, 0.15) is 0 Å². The van der Waals surface area contributed by atoms with Gasteiger partial charge in [-0.2, -0.15) is 0 Å². The van der Waals surface area contributed by atoms with Gasteiger partial charge in [0, 0.05) is 11.6 Å². The summed E-state index contributed by atoms with van der Waals surface area (Å²) >= 11 is 0. The summed E-state index contributed by atoms with van der Waals surface area (Å²) in [5.74, 6) is 0. The number of hydrogen-bond acceptors (Lipinski definition) is 2. The van der Waals surface area contributed by atoms with Crippen molar-refractivity contribution in [1.82, 2.24) is 9.97 Å². The van der Waals surface area contributed by atoms with Crippen molar-refractivity contribution in [3.8, 4) is 0 Å². The Morgan fingerprint density at radius 2 is 1.80 bits per heavy atom. The van der Waals surface area contributed by atoms with E-state index in [0.717, 1.165) is 16.4 Å². The second-order valence-electron chi connectivity index (χ2n) is 3.40. The lowest BCUT2D eigenvalue weighted by atomic mass is 10.1. The minimum Gasteiger partial charge on any atom is -0.321 e. The number of aromatic nitrogens is 2. The van der Waals surface area contributed by atoms with E-state index in [1.165, 1.54) is 0 Å². The molecule has 0 unspecified atom stereocenters. The lowest BCUT2D eigenvalue weighted by Crippen LogP contribution is -2.06. The third-order valence-corrected chi connectivity index (χ3v) is 2.48. The lowest BCUT2D eigenvalue weighted by molar-refractivity contribution is 1.32. The first-order valence-corrected chi connectivity index (χ1v) is 4.72. The van der Waals surface area contributed by atoms with Crippen LogP contribution in [-0.4, -0.2) is 9.97 Å². The number of rotatable bonds is 0. The second-order valence-corrected chi connectivity index (χ2v) is 3.40. The van der Waals surface area contributed by atoms with Gasteiger partial charge in [-0.1, -0.05) is 18.2 Å². The number of para-hydroxylation sites is 1. The van der Waals surface area contributed by atoms with Gasteiger partial charge in [-0.05, 0) is 18.2 Å². The van der Waals surface area contributed by atoms with Crippen LogP contribution in [-0.2, 0) is 0 Å². The van der Waals surface area contributed by atoms with Gasteiger partial charge in [0.05, 0.1) is 16.4 Å². The van der Waals surface area contributed by atoms with E-state index < -0.39 is 0 Å². The number of pyridine rings is 2. The summed E-state index contributed by atoms with van der Waals surface area (Å²) in [7, 11) is 0. The van der Waals surface area contributed by atoms with E-state index in [2.05, 4.69) is 9.97 Å². The van der Waals surface area contributed by atoms with Gasteiger partial charge in [0.15, 0.2) is 0 Å². The van der Waals surface area contributed by atoms with Crippen LogP contribution in [0.2, 0.25) is 0 Å². The fourth-order valence-corrected chi connectivity index (χ4v) is 1.79. The van der Waals surface area contributed by atoms with Crippen LogP contribution in [0.4, 0.5) is 0 Å². The fourth-order valence-electron chi connectivity index (χ4n) is 1.79. The molecule has 0 atom stereocenters. The van der Waals surface area contributed by atoms with Crippen LogP contribution in [0.5, 0.6) is 0 Å². The zero-order valence-corrected chi connectivity index (χ0v) is 7.90. The monoisotopic (exact) mass is 196 g/mol. The highest BCUT2D eigenvalue weighted by atomic mass is 16.1. The van der Waals surface area contributed by atoms with Crippen molar-refractivity contribution < 1.29 is 0 Å². The molecule has 2 aromatic heterocycles. The van der Waals surface area contributed by atoms with Gasteiger partial charge in [-0.15, -0.1) is 0 Å². The summed E-state index contributed by atoms with van der Waals surface area (Å²) in [5.41, 5.74) is 1.50. The third-order valence-electron chi connectivity index (χ3n) is 2.48. The zero-order chi connectivity index (χ0) is 10.3. The van der Waals surface area contributed by atoms with E-state index >= 15 is 0 Å². The highest BCUT2D eigenvalue weighted by molar-refractivity contribution is 6.02. The molecule has 2 heterocycles. The molecule has 0 aliphatic heterocycles. The first kappa shape index (κ1) is 8.17. The Kier molecular flexibility index (Phi) is 1.59. The summed E-state index contributed by atoms with van der Waals surface area (Å²) in [6.45, 7) is 0. The summed E-state index contributed by atoms with van der Waals surface area (Å²) in [5, 5.41) is 1.61. The minimum absolute atomic E-state index is 0.0863. The van der Waals surface area contributed by atoms with E-state index in [1.807, 2.05) is 24.3 Å². The molecule has 3 rings (SSSR count). The van der Waals surface area contributed by atoms with Crippen LogP contribution < -0.4 is 5.56 Å². The second kappa shape index (κ2) is 2.92. The smallest absolute Gasteiger partial charge is 0.257 e. The molecule has 72 valence electrons. The fraction of sp³-hybridized carbons (Fsp3) is 0. The first-order valence-electron chi connectivity index (χ1n) is 4.72. The first-order chi connectivity index (χ1) is 7.36. The molecule has 1 aromatic carbocycles. The molecule has 0 aliphatic rings. The minimum atomic E-state index is -0.0863. The molecule has 0 aliphatic carbocycles. The zero-order valence-electron chi connectivity index (χ0n) is 7.90. The van der Waals surface area contributed by atoms with Gasteiger partial charge < -0.3 is 4.98 Å². The lowest BCUT2D eigenvalue weighted by Gasteiger charge is -2.01. The van der Waals surface area contributed by atoms with E-state index in [0.29, 0.717) is 5.39 Å². The number of nitrogens with one attached hydrogen (secondary N) is 1. The van der Waals surface area contributed by atoms with Gasteiger partial charge >= 0.3 is 0 Å². The van der Waals surface area contributed by atoms with E-state index in [-0.39, 0.29) is 5.56 Å². The molecule has 3 heteroatoms. The average molecular weight is 196 g/mol.